The van der Waals surface area contributed by atoms with Crippen LogP contribution in [-0.4, -0.2) is 78.5 Å². The number of para-hydroxylation sites is 1. The molecule has 40 heavy (non-hydrogen) atoms. The normalized spacial score (nSPS) is 19.6. The van der Waals surface area contributed by atoms with Gasteiger partial charge in [-0.3, -0.25) is 4.79 Å². The van der Waals surface area contributed by atoms with E-state index in [0.717, 1.165) is 71.1 Å². The van der Waals surface area contributed by atoms with Crippen molar-refractivity contribution in [2.45, 2.75) is 30.7 Å². The summed E-state index contributed by atoms with van der Waals surface area (Å²) in [6.07, 6.45) is 2.58. The van der Waals surface area contributed by atoms with Crippen LogP contribution < -0.4 is 10.2 Å². The molecule has 2 saturated heterocycles. The Balaban J connectivity index is 1.38. The number of hydrogen-bond donors (Lipinski definition) is 1. The predicted octanol–water partition coefficient (Wildman–Crippen LogP) is 5.97. The second-order valence-corrected chi connectivity index (χ2v) is 12.6. The molecule has 1 atom stereocenters. The molecule has 7 nitrogen and oxygen atoms in total. The van der Waals surface area contributed by atoms with E-state index in [0.29, 0.717) is 18.0 Å². The van der Waals surface area contributed by atoms with Crippen molar-refractivity contribution in [2.75, 3.05) is 57.5 Å². The van der Waals surface area contributed by atoms with Crippen LogP contribution >= 0.6 is 22.9 Å². The summed E-state index contributed by atoms with van der Waals surface area (Å²) < 4.78 is 0. The Hall–Kier alpha value is -3.04. The molecular formula is C31H35ClN6OS. The van der Waals surface area contributed by atoms with Crippen molar-refractivity contribution in [3.8, 4) is 11.1 Å². The number of rotatable bonds is 7. The second-order valence-electron chi connectivity index (χ2n) is 11.3. The molecule has 2 aromatic carbocycles. The number of fused-ring (bicyclic) bond motifs is 1. The summed E-state index contributed by atoms with van der Waals surface area (Å²) in [6, 6.07) is 17.8. The summed E-state index contributed by atoms with van der Waals surface area (Å²) in [5.74, 6) is 1.62. The summed E-state index contributed by atoms with van der Waals surface area (Å²) in [7, 11) is 6.55. The molecule has 6 rings (SSSR count). The van der Waals surface area contributed by atoms with Gasteiger partial charge in [0.1, 0.15) is 16.5 Å². The summed E-state index contributed by atoms with van der Waals surface area (Å²) >= 11 is 7.83. The number of halogens is 1. The first-order chi connectivity index (χ1) is 19.3. The molecule has 4 aromatic rings. The molecule has 0 saturated carbocycles. The van der Waals surface area contributed by atoms with Crippen molar-refractivity contribution in [1.29, 1.82) is 0 Å². The number of anilines is 2. The largest absolute Gasteiger partial charge is 0.368 e. The van der Waals surface area contributed by atoms with Crippen molar-refractivity contribution < 1.29 is 4.79 Å². The zero-order valence-electron chi connectivity index (χ0n) is 23.2. The summed E-state index contributed by atoms with van der Waals surface area (Å²) in [4.78, 5) is 30.8. The Morgan fingerprint density at radius 2 is 1.80 bits per heavy atom. The maximum absolute atomic E-state index is 13.0. The second kappa shape index (κ2) is 11.1. The van der Waals surface area contributed by atoms with E-state index in [1.165, 1.54) is 0 Å². The number of hydrogen-bond acceptors (Lipinski definition) is 7. The summed E-state index contributed by atoms with van der Waals surface area (Å²) in [5, 5.41) is 7.69. The molecule has 9 heteroatoms. The van der Waals surface area contributed by atoms with Crippen LogP contribution in [0.2, 0.25) is 5.02 Å². The van der Waals surface area contributed by atoms with Crippen LogP contribution in [0.15, 0.2) is 60.0 Å². The van der Waals surface area contributed by atoms with Crippen molar-refractivity contribution >= 4 is 50.6 Å². The molecule has 1 N–H and O–H groups in total. The maximum Gasteiger partial charge on any atom is 0.227 e. The molecule has 2 fully saturated rings. The lowest BCUT2D eigenvalue weighted by molar-refractivity contribution is -0.117. The molecule has 208 valence electrons. The number of nitrogens with one attached hydrogen (secondary N) is 1. The van der Waals surface area contributed by atoms with Gasteiger partial charge in [0.25, 0.3) is 0 Å². The Kier molecular flexibility index (Phi) is 7.52. The third-order valence-corrected chi connectivity index (χ3v) is 9.74. The number of benzene rings is 2. The minimum atomic E-state index is -0.0649. The Morgan fingerprint density at radius 1 is 1.07 bits per heavy atom. The SMILES string of the molecule is CN1CCC(CNc2nc([C@H]3CC(=O)N(c4ccccc4)C3)nc3scc(-c4ccc(Cl)cc4)c23)(N(C)C)CC1. The molecule has 2 aliphatic heterocycles. The first-order valence-corrected chi connectivity index (χ1v) is 15.1. The van der Waals surface area contributed by atoms with E-state index in [9.17, 15) is 4.79 Å². The highest BCUT2D eigenvalue weighted by molar-refractivity contribution is 7.17. The third-order valence-electron chi connectivity index (χ3n) is 8.62. The quantitative estimate of drug-likeness (QED) is 0.293. The van der Waals surface area contributed by atoms with Gasteiger partial charge >= 0.3 is 0 Å². The molecule has 0 aliphatic carbocycles. The zero-order valence-corrected chi connectivity index (χ0v) is 24.8. The monoisotopic (exact) mass is 574 g/mol. The van der Waals surface area contributed by atoms with Crippen LogP contribution in [0, 0.1) is 0 Å². The van der Waals surface area contributed by atoms with E-state index < -0.39 is 0 Å². The number of aromatic nitrogens is 2. The average Bonchev–Trinajstić information content (AvgIpc) is 3.57. The standard InChI is InChI=1S/C31H35ClN6OS/c1-36(2)31(13-15-37(3)16-14-31)20-33-29-27-25(21-9-11-23(32)12-10-21)19-40-30(27)35-28(34-29)22-17-26(39)38(18-22)24-7-5-4-6-8-24/h4-12,19,22H,13-18,20H2,1-3H3,(H,33,34,35)/t22-/m0/s1. The van der Waals surface area contributed by atoms with Crippen LogP contribution in [0.4, 0.5) is 11.5 Å². The predicted molar refractivity (Wildman–Crippen MR) is 166 cm³/mol. The van der Waals surface area contributed by atoms with E-state index >= 15 is 0 Å². The van der Waals surface area contributed by atoms with Crippen LogP contribution in [0.25, 0.3) is 21.3 Å². The topological polar surface area (TPSA) is 64.6 Å². The molecule has 2 aromatic heterocycles. The molecule has 1 amide bonds. The van der Waals surface area contributed by atoms with Gasteiger partial charge in [-0.1, -0.05) is 41.9 Å². The molecule has 2 aliphatic rings. The fourth-order valence-electron chi connectivity index (χ4n) is 5.91. The molecule has 0 unspecified atom stereocenters. The van der Waals surface area contributed by atoms with Crippen LogP contribution in [0.5, 0.6) is 0 Å². The van der Waals surface area contributed by atoms with Crippen molar-refractivity contribution in [2.24, 2.45) is 0 Å². The van der Waals surface area contributed by atoms with Gasteiger partial charge in [-0.05, 0) is 76.9 Å². The molecule has 0 radical (unpaired) electrons. The number of piperidine rings is 1. The first kappa shape index (κ1) is 27.1. The lowest BCUT2D eigenvalue weighted by Gasteiger charge is -2.45. The Labute approximate surface area is 244 Å². The zero-order chi connectivity index (χ0) is 27.9. The summed E-state index contributed by atoms with van der Waals surface area (Å²) in [5.41, 5.74) is 3.14. The highest BCUT2D eigenvalue weighted by Crippen LogP contribution is 2.40. The fraction of sp³-hybridized carbons (Fsp3) is 0.387. The van der Waals surface area contributed by atoms with Gasteiger partial charge in [-0.15, -0.1) is 11.3 Å². The highest BCUT2D eigenvalue weighted by atomic mass is 35.5. The Morgan fingerprint density at radius 3 is 2.50 bits per heavy atom. The molecule has 4 heterocycles. The van der Waals surface area contributed by atoms with Gasteiger partial charge < -0.3 is 20.0 Å². The molecule has 0 spiro atoms. The Bertz CT molecular complexity index is 1500. The first-order valence-electron chi connectivity index (χ1n) is 13.8. The van der Waals surface area contributed by atoms with Crippen molar-refractivity contribution in [3.63, 3.8) is 0 Å². The van der Waals surface area contributed by atoms with Gasteiger partial charge in [0, 0.05) is 52.6 Å². The van der Waals surface area contributed by atoms with Crippen LogP contribution in [0.3, 0.4) is 0 Å². The number of thiophene rings is 1. The minimum absolute atomic E-state index is 0.0356. The minimum Gasteiger partial charge on any atom is -0.368 e. The highest BCUT2D eigenvalue weighted by Gasteiger charge is 2.37. The van der Waals surface area contributed by atoms with Gasteiger partial charge in [-0.25, -0.2) is 9.97 Å². The van der Waals surface area contributed by atoms with Gasteiger partial charge in [0.15, 0.2) is 0 Å². The number of likely N-dealkylation sites (N-methyl/N-ethyl adjacent to an activating group) is 1. The fourth-order valence-corrected chi connectivity index (χ4v) is 6.99. The number of amides is 1. The number of likely N-dealkylation sites (tertiary alicyclic amines) is 1. The summed E-state index contributed by atoms with van der Waals surface area (Å²) in [6.45, 7) is 3.50. The van der Waals surface area contributed by atoms with E-state index in [4.69, 9.17) is 21.6 Å². The van der Waals surface area contributed by atoms with Gasteiger partial charge in [-0.2, -0.15) is 0 Å². The van der Waals surface area contributed by atoms with E-state index in [2.05, 4.69) is 41.6 Å². The molecular weight excluding hydrogens is 540 g/mol. The third kappa shape index (κ3) is 5.21. The van der Waals surface area contributed by atoms with Crippen LogP contribution in [-0.2, 0) is 4.79 Å². The van der Waals surface area contributed by atoms with Crippen LogP contribution in [0.1, 0.15) is 31.0 Å². The number of carbonyl (C=O) groups excluding carboxylic acids is 1. The average molecular weight is 575 g/mol. The lowest BCUT2D eigenvalue weighted by atomic mass is 9.86. The molecule has 0 bridgehead atoms. The van der Waals surface area contributed by atoms with E-state index in [-0.39, 0.29) is 17.4 Å². The van der Waals surface area contributed by atoms with Gasteiger partial charge in [0.2, 0.25) is 5.91 Å². The smallest absolute Gasteiger partial charge is 0.227 e. The lowest BCUT2D eigenvalue weighted by Crippen LogP contribution is -2.55. The van der Waals surface area contributed by atoms with Gasteiger partial charge in [0.05, 0.1) is 5.39 Å². The maximum atomic E-state index is 13.0. The van der Waals surface area contributed by atoms with Crippen molar-refractivity contribution in [1.82, 2.24) is 19.8 Å². The van der Waals surface area contributed by atoms with E-state index in [1.54, 1.807) is 11.3 Å². The number of carbonyl (C=O) groups is 1. The van der Waals surface area contributed by atoms with E-state index in [1.807, 2.05) is 59.5 Å². The van der Waals surface area contributed by atoms with Crippen molar-refractivity contribution in [3.05, 3.63) is 70.8 Å². The number of nitrogens with zero attached hydrogens (tertiary/aromatic N) is 5.